The van der Waals surface area contributed by atoms with Gasteiger partial charge in [0.1, 0.15) is 0 Å². The third kappa shape index (κ3) is 0.674. The van der Waals surface area contributed by atoms with E-state index in [1.165, 1.54) is 0 Å². The molecule has 1 aliphatic rings. The van der Waals surface area contributed by atoms with E-state index < -0.39 is 8.84 Å². The van der Waals surface area contributed by atoms with Gasteiger partial charge in [-0.1, -0.05) is 24.3 Å². The van der Waals surface area contributed by atoms with Crippen LogP contribution in [0.3, 0.4) is 0 Å². The Morgan fingerprint density at radius 2 is 2.10 bits per heavy atom. The molecule has 3 heteroatoms. The summed E-state index contributed by atoms with van der Waals surface area (Å²) in [5, 5.41) is 0.896. The third-order valence-electron chi connectivity index (χ3n) is 1.51. The average molecular weight is 147 g/mol. The van der Waals surface area contributed by atoms with E-state index in [2.05, 4.69) is 4.66 Å². The first-order chi connectivity index (χ1) is 4.88. The number of rotatable bonds is 0. The van der Waals surface area contributed by atoms with Gasteiger partial charge in [0.2, 0.25) is 0 Å². The van der Waals surface area contributed by atoms with Crippen molar-refractivity contribution in [2.45, 2.75) is 0 Å². The predicted molar refractivity (Wildman–Crippen MR) is 40.1 cm³/mol. The van der Waals surface area contributed by atoms with E-state index in [4.69, 9.17) is 0 Å². The van der Waals surface area contributed by atoms with Crippen molar-refractivity contribution in [1.82, 2.24) is 0 Å². The lowest BCUT2D eigenvalue weighted by molar-refractivity contribution is 0.570. The molecule has 1 aliphatic heterocycles. The zero-order valence-corrected chi connectivity index (χ0v) is 6.24. The van der Waals surface area contributed by atoms with E-state index in [-0.39, 0.29) is 0 Å². The molecule has 48 valence electrons. The van der Waals surface area contributed by atoms with Gasteiger partial charge in [-0.25, -0.2) is 0 Å². The summed E-state index contributed by atoms with van der Waals surface area (Å²) in [4.78, 5) is 0. The van der Waals surface area contributed by atoms with Crippen molar-refractivity contribution >= 4 is 20.2 Å². The first-order valence-electron chi connectivity index (χ1n) is 3.05. The van der Waals surface area contributed by atoms with Crippen molar-refractivity contribution in [1.29, 1.82) is 0 Å². The van der Waals surface area contributed by atoms with E-state index in [1.54, 1.807) is 6.21 Å². The van der Waals surface area contributed by atoms with Gasteiger partial charge in [0, 0.05) is 11.4 Å². The van der Waals surface area contributed by atoms with Crippen LogP contribution in [-0.4, -0.2) is 15.1 Å². The normalized spacial score (nSPS) is 13.8. The maximum Gasteiger partial charge on any atom is 0.455 e. The molecular formula is C7H5NOSi. The molecule has 1 aromatic rings. The molecule has 1 aromatic carbocycles. The molecule has 2 rings (SSSR count). The van der Waals surface area contributed by atoms with Gasteiger partial charge < -0.3 is 4.46 Å². The van der Waals surface area contributed by atoms with Crippen LogP contribution in [0.2, 0.25) is 0 Å². The molecule has 0 spiro atoms. The summed E-state index contributed by atoms with van der Waals surface area (Å²) in [5.74, 6) is 0. The second-order valence-corrected chi connectivity index (χ2v) is 3.56. The molecule has 0 unspecified atom stereocenters. The summed E-state index contributed by atoms with van der Waals surface area (Å²) in [5.41, 5.74) is 1.01. The summed E-state index contributed by atoms with van der Waals surface area (Å²) in [6.45, 7) is 0. The lowest BCUT2D eigenvalue weighted by Gasteiger charge is -1.89. The maximum atomic E-state index is 11.1. The highest BCUT2D eigenvalue weighted by molar-refractivity contribution is 6.63. The molecule has 0 N–H and O–H groups in total. The zero-order valence-electron chi connectivity index (χ0n) is 5.24. The van der Waals surface area contributed by atoms with E-state index in [9.17, 15) is 4.46 Å². The van der Waals surface area contributed by atoms with E-state index in [0.29, 0.717) is 0 Å². The Balaban J connectivity index is 2.70. The molecule has 0 radical (unpaired) electrons. The van der Waals surface area contributed by atoms with Crippen LogP contribution in [0.5, 0.6) is 0 Å². The molecule has 0 bridgehead atoms. The SMILES string of the molecule is O=[Si]1N=Cc2ccccc21. The molecule has 2 nitrogen and oxygen atoms in total. The highest BCUT2D eigenvalue weighted by atomic mass is 28.3. The average Bonchev–Trinajstić information content (AvgIpc) is 2.34. The minimum absolute atomic E-state index is 0.896. The number of hydrogen-bond donors (Lipinski definition) is 0. The van der Waals surface area contributed by atoms with Crippen molar-refractivity contribution in [3.05, 3.63) is 29.8 Å². The first kappa shape index (κ1) is 5.67. The van der Waals surface area contributed by atoms with Crippen LogP contribution in [0.25, 0.3) is 0 Å². The van der Waals surface area contributed by atoms with Crippen molar-refractivity contribution < 1.29 is 4.46 Å². The molecule has 0 saturated heterocycles. The minimum Gasteiger partial charge on any atom is -0.351 e. The molecule has 1 heterocycles. The highest BCUT2D eigenvalue weighted by Crippen LogP contribution is 1.98. The van der Waals surface area contributed by atoms with Gasteiger partial charge in [-0.2, -0.15) is 0 Å². The Bertz CT molecular complexity index is 319. The largest absolute Gasteiger partial charge is 0.455 e. The fraction of sp³-hybridized carbons (Fsp3) is 0. The van der Waals surface area contributed by atoms with Gasteiger partial charge in [-0.3, -0.25) is 4.66 Å². The van der Waals surface area contributed by atoms with Gasteiger partial charge in [0.05, 0.1) is 0 Å². The smallest absolute Gasteiger partial charge is 0.351 e. The number of nitrogens with zero attached hydrogens (tertiary/aromatic N) is 1. The van der Waals surface area contributed by atoms with Gasteiger partial charge in [-0.15, -0.1) is 0 Å². The molecular weight excluding hydrogens is 142 g/mol. The van der Waals surface area contributed by atoms with Crippen molar-refractivity contribution in [3.8, 4) is 0 Å². The van der Waals surface area contributed by atoms with Crippen molar-refractivity contribution in [3.63, 3.8) is 0 Å². The molecule has 0 saturated carbocycles. The lowest BCUT2D eigenvalue weighted by atomic mass is 10.2. The Hall–Kier alpha value is -1.09. The Morgan fingerprint density at radius 3 is 2.90 bits per heavy atom. The second-order valence-electron chi connectivity index (χ2n) is 2.15. The predicted octanol–water partition coefficient (Wildman–Crippen LogP) is 0.245. The number of hydrogen-bond acceptors (Lipinski definition) is 1. The Labute approximate surface area is 60.0 Å². The number of fused-ring (bicyclic) bond motifs is 1. The summed E-state index contributed by atoms with van der Waals surface area (Å²) < 4.78 is 14.9. The van der Waals surface area contributed by atoms with Gasteiger partial charge >= 0.3 is 8.84 Å². The van der Waals surface area contributed by atoms with E-state index in [1.807, 2.05) is 24.3 Å². The molecule has 0 fully saturated rings. The topological polar surface area (TPSA) is 29.4 Å². The van der Waals surface area contributed by atoms with Crippen LogP contribution < -0.4 is 5.19 Å². The summed E-state index contributed by atoms with van der Waals surface area (Å²) in [6.07, 6.45) is 1.68. The van der Waals surface area contributed by atoms with Crippen molar-refractivity contribution in [2.24, 2.45) is 4.66 Å². The van der Waals surface area contributed by atoms with Crippen LogP contribution >= 0.6 is 0 Å². The third-order valence-corrected chi connectivity index (χ3v) is 2.79. The van der Waals surface area contributed by atoms with Crippen LogP contribution in [0, 0.1) is 0 Å². The van der Waals surface area contributed by atoms with E-state index in [0.717, 1.165) is 10.8 Å². The van der Waals surface area contributed by atoms with Crippen LogP contribution in [0.1, 0.15) is 5.56 Å². The summed E-state index contributed by atoms with van der Waals surface area (Å²) in [7, 11) is -1.79. The molecule has 0 aliphatic carbocycles. The fourth-order valence-electron chi connectivity index (χ4n) is 1.00. The van der Waals surface area contributed by atoms with Crippen LogP contribution in [-0.2, 0) is 4.46 Å². The summed E-state index contributed by atoms with van der Waals surface area (Å²) in [6, 6.07) is 7.60. The number of benzene rings is 1. The lowest BCUT2D eigenvalue weighted by Crippen LogP contribution is -2.16. The molecule has 0 aromatic heterocycles. The van der Waals surface area contributed by atoms with E-state index >= 15 is 0 Å². The minimum atomic E-state index is -1.79. The molecule has 10 heavy (non-hydrogen) atoms. The van der Waals surface area contributed by atoms with Gasteiger partial charge in [-0.05, 0) is 5.56 Å². The summed E-state index contributed by atoms with van der Waals surface area (Å²) >= 11 is 0. The monoisotopic (exact) mass is 147 g/mol. The second kappa shape index (κ2) is 1.95. The Morgan fingerprint density at radius 1 is 1.30 bits per heavy atom. The van der Waals surface area contributed by atoms with Crippen LogP contribution in [0.15, 0.2) is 28.9 Å². The van der Waals surface area contributed by atoms with Crippen LogP contribution in [0.4, 0.5) is 0 Å². The van der Waals surface area contributed by atoms with Gasteiger partial charge in [0.25, 0.3) is 0 Å². The first-order valence-corrected chi connectivity index (χ1v) is 4.41. The fourth-order valence-corrected chi connectivity index (χ4v) is 2.03. The quantitative estimate of drug-likeness (QED) is 0.483. The molecule has 0 atom stereocenters. The molecule has 0 amide bonds. The maximum absolute atomic E-state index is 11.1. The van der Waals surface area contributed by atoms with Gasteiger partial charge in [0.15, 0.2) is 0 Å². The highest BCUT2D eigenvalue weighted by Gasteiger charge is 2.15. The standard InChI is InChI=1S/C7H5NOSi/c9-10-7-4-2-1-3-6(7)5-8-10/h1-5H. The Kier molecular flexibility index (Phi) is 1.11. The zero-order chi connectivity index (χ0) is 6.97. The van der Waals surface area contributed by atoms with Crippen molar-refractivity contribution in [2.75, 3.05) is 0 Å².